The van der Waals surface area contributed by atoms with Crippen LogP contribution in [-0.2, 0) is 6.54 Å². The number of aryl methyl sites for hydroxylation is 2. The monoisotopic (exact) mass is 345 g/mol. The number of anilines is 1. The molecule has 4 heteroatoms. The predicted octanol–water partition coefficient (Wildman–Crippen LogP) is 4.74. The Morgan fingerprint density at radius 2 is 1.73 bits per heavy atom. The quantitative estimate of drug-likeness (QED) is 0.715. The van der Waals surface area contributed by atoms with E-state index < -0.39 is 0 Å². The van der Waals surface area contributed by atoms with Crippen LogP contribution in [0.15, 0.2) is 66.9 Å². The number of rotatable bonds is 2. The highest BCUT2D eigenvalue weighted by Crippen LogP contribution is 2.34. The summed E-state index contributed by atoms with van der Waals surface area (Å²) < 4.78 is 2.24. The molecule has 26 heavy (non-hydrogen) atoms. The molecule has 0 spiro atoms. The van der Waals surface area contributed by atoms with Gasteiger partial charge in [-0.05, 0) is 49.2 Å². The lowest BCUT2D eigenvalue weighted by Crippen LogP contribution is -2.44. The number of fused-ring (bicyclic) bond motifs is 1. The maximum absolute atomic E-state index is 13.1. The molecule has 0 aliphatic carbocycles. The summed E-state index contributed by atoms with van der Waals surface area (Å²) in [6.07, 6.45) is 2.09. The minimum atomic E-state index is -0.0783. The molecule has 1 N–H and O–H groups in total. The molecule has 1 atom stereocenters. The van der Waals surface area contributed by atoms with Crippen LogP contribution in [-0.4, -0.2) is 22.0 Å². The molecule has 4 rings (SSSR count). The van der Waals surface area contributed by atoms with Gasteiger partial charge >= 0.3 is 6.03 Å². The van der Waals surface area contributed by atoms with Crippen molar-refractivity contribution < 1.29 is 4.79 Å². The van der Waals surface area contributed by atoms with Gasteiger partial charge in [0, 0.05) is 30.7 Å². The molecule has 132 valence electrons. The van der Waals surface area contributed by atoms with Gasteiger partial charge in [-0.15, -0.1) is 0 Å². The number of hydrogen-bond acceptors (Lipinski definition) is 1. The summed E-state index contributed by atoms with van der Waals surface area (Å²) in [5.41, 5.74) is 5.53. The van der Waals surface area contributed by atoms with Crippen LogP contribution in [0, 0.1) is 13.8 Å². The maximum atomic E-state index is 13.1. The molecule has 0 fully saturated rings. The number of nitrogens with zero attached hydrogens (tertiary/aromatic N) is 2. The molecule has 0 radical (unpaired) electrons. The van der Waals surface area contributed by atoms with E-state index in [1.54, 1.807) is 0 Å². The summed E-state index contributed by atoms with van der Waals surface area (Å²) in [7, 11) is 0. The van der Waals surface area contributed by atoms with Gasteiger partial charge in [0.05, 0.1) is 6.04 Å². The van der Waals surface area contributed by atoms with Gasteiger partial charge in [0.15, 0.2) is 0 Å². The molecule has 1 aliphatic heterocycles. The third kappa shape index (κ3) is 2.99. The van der Waals surface area contributed by atoms with Crippen molar-refractivity contribution >= 4 is 11.7 Å². The highest BCUT2D eigenvalue weighted by molar-refractivity contribution is 5.90. The largest absolute Gasteiger partial charge is 0.348 e. The van der Waals surface area contributed by atoms with E-state index in [2.05, 4.69) is 47.3 Å². The average Bonchev–Trinajstić information content (AvgIpc) is 3.12. The zero-order valence-corrected chi connectivity index (χ0v) is 15.1. The molecular formula is C22H23N3O. The normalized spacial score (nSPS) is 16.2. The van der Waals surface area contributed by atoms with E-state index >= 15 is 0 Å². The van der Waals surface area contributed by atoms with Gasteiger partial charge in [-0.1, -0.05) is 42.0 Å². The molecule has 2 aromatic carbocycles. The summed E-state index contributed by atoms with van der Waals surface area (Å²) >= 11 is 0. The lowest BCUT2D eigenvalue weighted by molar-refractivity contribution is 0.181. The Hall–Kier alpha value is -3.01. The van der Waals surface area contributed by atoms with Crippen LogP contribution in [0.2, 0.25) is 0 Å². The zero-order chi connectivity index (χ0) is 18.1. The van der Waals surface area contributed by atoms with Gasteiger partial charge in [0.2, 0.25) is 0 Å². The first-order valence-electron chi connectivity index (χ1n) is 8.98. The Morgan fingerprint density at radius 1 is 0.962 bits per heavy atom. The summed E-state index contributed by atoms with van der Waals surface area (Å²) in [5, 5.41) is 3.06. The Balaban J connectivity index is 1.69. The number of benzene rings is 2. The molecule has 0 saturated carbocycles. The molecule has 2 heterocycles. The Morgan fingerprint density at radius 3 is 2.50 bits per heavy atom. The van der Waals surface area contributed by atoms with Crippen molar-refractivity contribution in [3.63, 3.8) is 0 Å². The minimum absolute atomic E-state index is 0.0606. The van der Waals surface area contributed by atoms with Crippen LogP contribution in [0.1, 0.15) is 28.4 Å². The van der Waals surface area contributed by atoms with E-state index in [0.29, 0.717) is 6.54 Å². The molecule has 0 saturated heterocycles. The van der Waals surface area contributed by atoms with Gasteiger partial charge in [-0.3, -0.25) is 0 Å². The van der Waals surface area contributed by atoms with E-state index in [4.69, 9.17) is 0 Å². The topological polar surface area (TPSA) is 37.3 Å². The SMILES string of the molecule is Cc1ccc(NC(=O)N2CCn3cccc3[C@H]2c2ccccc2C)cc1. The first kappa shape index (κ1) is 16.5. The van der Waals surface area contributed by atoms with Crippen LogP contribution in [0.4, 0.5) is 10.5 Å². The predicted molar refractivity (Wildman–Crippen MR) is 104 cm³/mol. The van der Waals surface area contributed by atoms with E-state index in [0.717, 1.165) is 17.9 Å². The number of carbonyl (C=O) groups is 1. The summed E-state index contributed by atoms with van der Waals surface area (Å²) in [6, 6.07) is 20.3. The van der Waals surface area contributed by atoms with Crippen molar-refractivity contribution in [2.24, 2.45) is 0 Å². The van der Waals surface area contributed by atoms with Gasteiger partial charge in [-0.2, -0.15) is 0 Å². The highest BCUT2D eigenvalue weighted by Gasteiger charge is 2.32. The second-order valence-electron chi connectivity index (χ2n) is 6.88. The number of nitrogens with one attached hydrogen (secondary N) is 1. The average molecular weight is 345 g/mol. The fraction of sp³-hybridized carbons (Fsp3) is 0.227. The third-order valence-corrected chi connectivity index (χ3v) is 5.09. The fourth-order valence-corrected chi connectivity index (χ4v) is 3.66. The van der Waals surface area contributed by atoms with Crippen molar-refractivity contribution in [1.29, 1.82) is 0 Å². The molecular weight excluding hydrogens is 322 g/mol. The number of hydrogen-bond donors (Lipinski definition) is 1. The van der Waals surface area contributed by atoms with Crippen LogP contribution < -0.4 is 5.32 Å². The van der Waals surface area contributed by atoms with Gasteiger partial charge < -0.3 is 14.8 Å². The first-order valence-corrected chi connectivity index (χ1v) is 8.98. The highest BCUT2D eigenvalue weighted by atomic mass is 16.2. The smallest absolute Gasteiger partial charge is 0.322 e. The number of amides is 2. The van der Waals surface area contributed by atoms with Crippen molar-refractivity contribution in [2.75, 3.05) is 11.9 Å². The minimum Gasteiger partial charge on any atom is -0.348 e. The number of urea groups is 1. The standard InChI is InChI=1S/C22H23N3O/c1-16-9-11-18(12-10-16)23-22(26)25-15-14-24-13-5-8-20(24)21(25)19-7-4-3-6-17(19)2/h3-13,21H,14-15H2,1-2H3,(H,23,26)/t21-/m1/s1. The summed E-state index contributed by atoms with van der Waals surface area (Å²) in [5.74, 6) is 0. The molecule has 3 aromatic rings. The summed E-state index contributed by atoms with van der Waals surface area (Å²) in [6.45, 7) is 5.64. The van der Waals surface area contributed by atoms with Crippen LogP contribution >= 0.6 is 0 Å². The molecule has 0 bridgehead atoms. The van der Waals surface area contributed by atoms with Crippen molar-refractivity contribution in [3.8, 4) is 0 Å². The van der Waals surface area contributed by atoms with Crippen molar-refractivity contribution in [2.45, 2.75) is 26.4 Å². The summed E-state index contributed by atoms with van der Waals surface area (Å²) in [4.78, 5) is 15.0. The molecule has 4 nitrogen and oxygen atoms in total. The van der Waals surface area contributed by atoms with Crippen molar-refractivity contribution in [1.82, 2.24) is 9.47 Å². The van der Waals surface area contributed by atoms with Gasteiger partial charge in [-0.25, -0.2) is 4.79 Å². The molecule has 2 amide bonds. The third-order valence-electron chi connectivity index (χ3n) is 5.09. The van der Waals surface area contributed by atoms with E-state index in [1.165, 1.54) is 16.7 Å². The Labute approximate surface area is 154 Å². The van der Waals surface area contributed by atoms with Crippen LogP contribution in [0.3, 0.4) is 0 Å². The lowest BCUT2D eigenvalue weighted by atomic mass is 9.96. The second kappa shape index (κ2) is 6.71. The van der Waals surface area contributed by atoms with Crippen LogP contribution in [0.25, 0.3) is 0 Å². The number of aromatic nitrogens is 1. The molecule has 0 unspecified atom stereocenters. The molecule has 1 aliphatic rings. The van der Waals surface area contributed by atoms with E-state index in [1.807, 2.05) is 48.2 Å². The Bertz CT molecular complexity index is 927. The van der Waals surface area contributed by atoms with E-state index in [-0.39, 0.29) is 12.1 Å². The van der Waals surface area contributed by atoms with Crippen LogP contribution in [0.5, 0.6) is 0 Å². The zero-order valence-electron chi connectivity index (χ0n) is 15.1. The fourth-order valence-electron chi connectivity index (χ4n) is 3.66. The van der Waals surface area contributed by atoms with Gasteiger partial charge in [0.1, 0.15) is 0 Å². The maximum Gasteiger partial charge on any atom is 0.322 e. The Kier molecular flexibility index (Phi) is 4.25. The molecule has 1 aromatic heterocycles. The first-order chi connectivity index (χ1) is 12.6. The number of carbonyl (C=O) groups excluding carboxylic acids is 1. The van der Waals surface area contributed by atoms with Crippen molar-refractivity contribution in [3.05, 3.63) is 89.2 Å². The van der Waals surface area contributed by atoms with Gasteiger partial charge in [0.25, 0.3) is 0 Å². The second-order valence-corrected chi connectivity index (χ2v) is 6.88. The lowest BCUT2D eigenvalue weighted by Gasteiger charge is -2.38. The van der Waals surface area contributed by atoms with E-state index in [9.17, 15) is 4.79 Å².